The summed E-state index contributed by atoms with van der Waals surface area (Å²) in [6.07, 6.45) is 14.7. The van der Waals surface area contributed by atoms with Crippen molar-refractivity contribution in [2.45, 2.75) is 46.5 Å². The van der Waals surface area contributed by atoms with Gasteiger partial charge in [-0.3, -0.25) is 9.79 Å². The molecule has 0 aromatic heterocycles. The topological polar surface area (TPSA) is 98.4 Å². The number of rotatable bonds is 11. The molecular formula is C35H36F2N4O2. The van der Waals surface area contributed by atoms with Crippen molar-refractivity contribution < 1.29 is 18.3 Å². The molecule has 0 amide bonds. The van der Waals surface area contributed by atoms with Gasteiger partial charge in [0.25, 0.3) is 0 Å². The molecule has 0 saturated carbocycles. The van der Waals surface area contributed by atoms with Crippen LogP contribution in [0.25, 0.3) is 5.57 Å². The summed E-state index contributed by atoms with van der Waals surface area (Å²) in [5, 5.41) is 19.3. The molecule has 1 atom stereocenters. The number of benzene rings is 2. The van der Waals surface area contributed by atoms with Crippen LogP contribution >= 0.6 is 0 Å². The second kappa shape index (κ2) is 14.0. The summed E-state index contributed by atoms with van der Waals surface area (Å²) in [6, 6.07) is 8.42. The van der Waals surface area contributed by atoms with Crippen LogP contribution < -0.4 is 10.1 Å². The lowest BCUT2D eigenvalue weighted by Crippen LogP contribution is -2.18. The van der Waals surface area contributed by atoms with Gasteiger partial charge in [-0.05, 0) is 85.7 Å². The van der Waals surface area contributed by atoms with E-state index < -0.39 is 11.6 Å². The zero-order valence-electron chi connectivity index (χ0n) is 24.9. The Labute approximate surface area is 251 Å². The number of ketones is 1. The maximum absolute atomic E-state index is 14.8. The molecule has 6 nitrogen and oxygen atoms in total. The predicted molar refractivity (Wildman–Crippen MR) is 171 cm³/mol. The SMILES string of the molecule is COc1ccc(C2=CN=C3/C(=C\C=C/C/C=C/3Nc3ccc(C(=O)CC(=N)[C@@H](C)C/C=C/C(C)=N)c(C)c3)C2)c(F)c1F. The van der Waals surface area contributed by atoms with Gasteiger partial charge in [0.15, 0.2) is 17.3 Å². The monoisotopic (exact) mass is 582 g/mol. The number of anilines is 1. The maximum Gasteiger partial charge on any atom is 0.201 e. The molecule has 3 N–H and O–H groups in total. The van der Waals surface area contributed by atoms with E-state index in [-0.39, 0.29) is 29.4 Å². The minimum atomic E-state index is -1.03. The molecule has 8 heteroatoms. The predicted octanol–water partition coefficient (Wildman–Crippen LogP) is 8.56. The standard InChI is InChI=1S/C35H36F2N4O2/c1-21(9-8-10-23(3)38)29(39)19-31(42)27-14-13-26(17-22(27)2)41-30-12-7-5-6-11-24-18-25(20-40-35(24)30)28-15-16-32(43-4)34(37)33(28)36/h5-6,8,10-17,20-21,38-39,41H,7,9,18-19H2,1-4H3/b6-5-,10-8+,24-11-,30-12-,38-23?,39-29?/t21-/m0/s1. The van der Waals surface area contributed by atoms with E-state index in [0.29, 0.717) is 47.5 Å². The molecule has 1 aliphatic carbocycles. The minimum Gasteiger partial charge on any atom is -0.494 e. The van der Waals surface area contributed by atoms with Gasteiger partial charge in [0.1, 0.15) is 0 Å². The second-order valence-electron chi connectivity index (χ2n) is 10.7. The Kier molecular flexibility index (Phi) is 10.1. The Bertz CT molecular complexity index is 1640. The molecule has 1 heterocycles. The lowest BCUT2D eigenvalue weighted by Gasteiger charge is -2.22. The number of aliphatic imine (C=N–C) groups is 1. The normalized spacial score (nSPS) is 18.5. The summed E-state index contributed by atoms with van der Waals surface area (Å²) in [7, 11) is 1.29. The highest BCUT2D eigenvalue weighted by Gasteiger charge is 2.24. The van der Waals surface area contributed by atoms with E-state index in [2.05, 4.69) is 10.3 Å². The van der Waals surface area contributed by atoms with Crippen LogP contribution in [0.4, 0.5) is 14.5 Å². The minimum absolute atomic E-state index is 0.0436. The van der Waals surface area contributed by atoms with Gasteiger partial charge in [-0.2, -0.15) is 4.39 Å². The molecular weight excluding hydrogens is 546 g/mol. The first-order chi connectivity index (χ1) is 20.6. The van der Waals surface area contributed by atoms with Crippen molar-refractivity contribution in [3.8, 4) is 5.75 Å². The van der Waals surface area contributed by atoms with Crippen molar-refractivity contribution >= 4 is 34.2 Å². The molecule has 0 saturated heterocycles. The van der Waals surface area contributed by atoms with Crippen LogP contribution in [0, 0.1) is 35.3 Å². The largest absolute Gasteiger partial charge is 0.494 e. The van der Waals surface area contributed by atoms with Crippen LogP contribution in [-0.4, -0.2) is 30.0 Å². The van der Waals surface area contributed by atoms with Crippen LogP contribution in [0.2, 0.25) is 0 Å². The molecule has 2 aliphatic rings. The number of carbonyl (C=O) groups excluding carboxylic acids is 1. The fraction of sp³-hybridized carbons (Fsp3) is 0.257. The van der Waals surface area contributed by atoms with Gasteiger partial charge in [0.05, 0.1) is 18.5 Å². The zero-order valence-corrected chi connectivity index (χ0v) is 24.9. The third kappa shape index (κ3) is 7.57. The molecule has 0 bridgehead atoms. The van der Waals surface area contributed by atoms with Crippen LogP contribution in [0.15, 0.2) is 89.3 Å². The van der Waals surface area contributed by atoms with E-state index in [1.54, 1.807) is 25.3 Å². The number of Topliss-reactive ketones (excluding diaryl/α,β-unsaturated/α-hetero) is 1. The fourth-order valence-electron chi connectivity index (χ4n) is 4.94. The van der Waals surface area contributed by atoms with Gasteiger partial charge in [-0.25, -0.2) is 4.39 Å². The van der Waals surface area contributed by atoms with E-state index in [1.165, 1.54) is 19.2 Å². The highest BCUT2D eigenvalue weighted by molar-refractivity contribution is 6.16. The Morgan fingerprint density at radius 2 is 1.95 bits per heavy atom. The van der Waals surface area contributed by atoms with Crippen molar-refractivity contribution in [2.75, 3.05) is 12.4 Å². The molecule has 2 aromatic carbocycles. The van der Waals surface area contributed by atoms with Gasteiger partial charge in [0.2, 0.25) is 5.82 Å². The van der Waals surface area contributed by atoms with Crippen molar-refractivity contribution in [3.63, 3.8) is 0 Å². The summed E-state index contributed by atoms with van der Waals surface area (Å²) in [5.41, 5.74) is 5.99. The smallest absolute Gasteiger partial charge is 0.201 e. The van der Waals surface area contributed by atoms with E-state index in [4.69, 9.17) is 15.6 Å². The number of aryl methyl sites for hydroxylation is 1. The molecule has 43 heavy (non-hydrogen) atoms. The summed E-state index contributed by atoms with van der Waals surface area (Å²) in [6.45, 7) is 5.48. The number of carbonyl (C=O) groups is 1. The number of ether oxygens (including phenoxy) is 1. The Morgan fingerprint density at radius 1 is 1.16 bits per heavy atom. The van der Waals surface area contributed by atoms with Crippen LogP contribution in [-0.2, 0) is 0 Å². The average molecular weight is 583 g/mol. The third-order valence-electron chi connectivity index (χ3n) is 7.40. The van der Waals surface area contributed by atoms with Gasteiger partial charge in [-0.1, -0.05) is 37.3 Å². The maximum atomic E-state index is 14.8. The van der Waals surface area contributed by atoms with Crippen molar-refractivity contribution in [2.24, 2.45) is 10.9 Å². The Balaban J connectivity index is 1.52. The quantitative estimate of drug-likeness (QED) is 0.183. The fourth-order valence-corrected chi connectivity index (χ4v) is 4.94. The summed E-state index contributed by atoms with van der Waals surface area (Å²) >= 11 is 0. The number of methoxy groups -OCH3 is 1. The van der Waals surface area contributed by atoms with Crippen molar-refractivity contribution in [3.05, 3.63) is 113 Å². The third-order valence-corrected chi connectivity index (χ3v) is 7.40. The lowest BCUT2D eigenvalue weighted by molar-refractivity contribution is 0.0998. The van der Waals surface area contributed by atoms with Gasteiger partial charge >= 0.3 is 0 Å². The van der Waals surface area contributed by atoms with Crippen molar-refractivity contribution in [1.82, 2.24) is 0 Å². The van der Waals surface area contributed by atoms with E-state index in [1.807, 2.05) is 56.4 Å². The molecule has 0 radical (unpaired) electrons. The molecule has 1 aliphatic heterocycles. The van der Waals surface area contributed by atoms with E-state index >= 15 is 0 Å². The van der Waals surface area contributed by atoms with Crippen LogP contribution in [0.3, 0.4) is 0 Å². The van der Waals surface area contributed by atoms with Gasteiger partial charge in [-0.15, -0.1) is 0 Å². The molecule has 222 valence electrons. The van der Waals surface area contributed by atoms with Crippen LogP contribution in [0.5, 0.6) is 5.75 Å². The van der Waals surface area contributed by atoms with Gasteiger partial charge < -0.3 is 20.9 Å². The molecule has 4 rings (SSSR count). The summed E-state index contributed by atoms with van der Waals surface area (Å²) in [5.74, 6) is -2.34. The lowest BCUT2D eigenvalue weighted by atomic mass is 9.91. The first kappa shape index (κ1) is 31.2. The highest BCUT2D eigenvalue weighted by Crippen LogP contribution is 2.34. The summed E-state index contributed by atoms with van der Waals surface area (Å²) < 4.78 is 34.1. The number of allylic oxidation sites excluding steroid dienone is 8. The number of hydrogen-bond acceptors (Lipinski definition) is 6. The molecule has 0 spiro atoms. The van der Waals surface area contributed by atoms with E-state index in [0.717, 1.165) is 22.5 Å². The first-order valence-electron chi connectivity index (χ1n) is 14.1. The number of nitrogens with one attached hydrogen (secondary N) is 3. The zero-order chi connectivity index (χ0) is 31.1. The van der Waals surface area contributed by atoms with Crippen LogP contribution in [0.1, 0.15) is 61.0 Å². The summed E-state index contributed by atoms with van der Waals surface area (Å²) in [4.78, 5) is 17.7. The van der Waals surface area contributed by atoms with Gasteiger partial charge in [0, 0.05) is 47.3 Å². The second-order valence-corrected chi connectivity index (χ2v) is 10.7. The number of halogens is 2. The van der Waals surface area contributed by atoms with Crippen molar-refractivity contribution in [1.29, 1.82) is 10.8 Å². The Hall–Kier alpha value is -4.72. The molecule has 2 aromatic rings. The van der Waals surface area contributed by atoms with E-state index in [9.17, 15) is 13.6 Å². The number of fused-ring (bicyclic) bond motifs is 1. The number of hydrogen-bond donors (Lipinski definition) is 3. The molecule has 0 fully saturated rings. The first-order valence-corrected chi connectivity index (χ1v) is 14.1. The molecule has 0 unspecified atom stereocenters. The average Bonchev–Trinajstić information content (AvgIpc) is 2.96. The number of nitrogens with zero attached hydrogens (tertiary/aromatic N) is 1. The highest BCUT2D eigenvalue weighted by atomic mass is 19.2. The Morgan fingerprint density at radius 3 is 2.67 bits per heavy atom.